The van der Waals surface area contributed by atoms with Crippen LogP contribution in [-0.4, -0.2) is 9.97 Å². The second-order valence-electron chi connectivity index (χ2n) is 7.83. The first-order valence-corrected chi connectivity index (χ1v) is 10.2. The highest BCUT2D eigenvalue weighted by molar-refractivity contribution is 5.82. The number of aromatic nitrogens is 3. The van der Waals surface area contributed by atoms with E-state index in [1.807, 2.05) is 74.6 Å². The summed E-state index contributed by atoms with van der Waals surface area (Å²) in [5.41, 5.74) is 2.28. The number of para-hydroxylation sites is 1. The van der Waals surface area contributed by atoms with Gasteiger partial charge in [0.1, 0.15) is 0 Å². The predicted octanol–water partition coefficient (Wildman–Crippen LogP) is 6.36. The molecule has 0 amide bonds. The van der Waals surface area contributed by atoms with Crippen LogP contribution in [0.1, 0.15) is 16.8 Å². The summed E-state index contributed by atoms with van der Waals surface area (Å²) in [6.07, 6.45) is -0.983. The van der Waals surface area contributed by atoms with Gasteiger partial charge < -0.3 is 0 Å². The van der Waals surface area contributed by atoms with E-state index in [1.54, 1.807) is 10.8 Å². The lowest BCUT2D eigenvalue weighted by atomic mass is 10.00. The van der Waals surface area contributed by atoms with Gasteiger partial charge in [-0.1, -0.05) is 36.4 Å². The van der Waals surface area contributed by atoms with Crippen LogP contribution in [0.5, 0.6) is 0 Å². The highest BCUT2D eigenvalue weighted by atomic mass is 19.4. The Morgan fingerprint density at radius 2 is 1.50 bits per heavy atom. The summed E-state index contributed by atoms with van der Waals surface area (Å²) >= 11 is 0. The van der Waals surface area contributed by atoms with Crippen molar-refractivity contribution in [3.05, 3.63) is 95.9 Å². The first-order chi connectivity index (χ1) is 15.3. The Balaban J connectivity index is 1.79. The molecule has 0 aliphatic carbocycles. The number of alkyl halides is 3. The van der Waals surface area contributed by atoms with Crippen LogP contribution < -0.4 is 4.57 Å². The standard InChI is InChI=1S/C26H19F3N3/c1-16-11-18-7-3-4-9-20(18)15-32(16)24-13-21(26(27,28)29)12-22(17(24)2)25-30-14-19-8-5-6-10-23(19)31-25/h3-15H,1-2H3/q+1. The zero-order valence-corrected chi connectivity index (χ0v) is 17.5. The third kappa shape index (κ3) is 3.47. The highest BCUT2D eigenvalue weighted by Crippen LogP contribution is 2.35. The molecule has 6 heteroatoms. The summed E-state index contributed by atoms with van der Waals surface area (Å²) < 4.78 is 43.4. The molecular formula is C26H19F3N3+. The number of benzene rings is 3. The average molecular weight is 430 g/mol. The summed E-state index contributed by atoms with van der Waals surface area (Å²) in [5.74, 6) is 0.271. The van der Waals surface area contributed by atoms with Crippen molar-refractivity contribution in [1.29, 1.82) is 0 Å². The fourth-order valence-corrected chi connectivity index (χ4v) is 4.00. The van der Waals surface area contributed by atoms with Crippen molar-refractivity contribution in [2.45, 2.75) is 20.0 Å². The van der Waals surface area contributed by atoms with Crippen molar-refractivity contribution in [3.8, 4) is 17.1 Å². The van der Waals surface area contributed by atoms with E-state index in [9.17, 15) is 13.2 Å². The predicted molar refractivity (Wildman–Crippen MR) is 118 cm³/mol. The molecule has 2 aromatic heterocycles. The first kappa shape index (κ1) is 20.1. The molecule has 158 valence electrons. The SMILES string of the molecule is Cc1c(-c2ncc3ccccc3n2)cc(C(F)(F)F)cc1-[n+]1cc2ccccc2cc1C. The summed E-state index contributed by atoms with van der Waals surface area (Å²) in [6.45, 7) is 3.70. The zero-order valence-electron chi connectivity index (χ0n) is 17.5. The van der Waals surface area contributed by atoms with Crippen LogP contribution >= 0.6 is 0 Å². The molecule has 0 unspecified atom stereocenters. The Hall–Kier alpha value is -3.80. The maximum atomic E-state index is 13.9. The molecule has 32 heavy (non-hydrogen) atoms. The Bertz CT molecular complexity index is 1490. The number of aryl methyl sites for hydroxylation is 1. The summed E-state index contributed by atoms with van der Waals surface area (Å²) in [6, 6.07) is 19.5. The number of nitrogens with zero attached hydrogens (tertiary/aromatic N) is 3. The third-order valence-corrected chi connectivity index (χ3v) is 5.71. The maximum Gasteiger partial charge on any atom is 0.416 e. The number of rotatable bonds is 2. The minimum absolute atomic E-state index is 0.271. The van der Waals surface area contributed by atoms with Gasteiger partial charge in [0.2, 0.25) is 5.69 Å². The molecule has 0 saturated carbocycles. The molecule has 0 N–H and O–H groups in total. The number of pyridine rings is 1. The zero-order chi connectivity index (χ0) is 22.5. The van der Waals surface area contributed by atoms with Crippen molar-refractivity contribution >= 4 is 21.7 Å². The first-order valence-electron chi connectivity index (χ1n) is 10.2. The van der Waals surface area contributed by atoms with Gasteiger partial charge in [0, 0.05) is 47.2 Å². The van der Waals surface area contributed by atoms with E-state index in [1.165, 1.54) is 6.07 Å². The maximum absolute atomic E-state index is 13.9. The van der Waals surface area contributed by atoms with Crippen LogP contribution in [0, 0.1) is 13.8 Å². The van der Waals surface area contributed by atoms with E-state index in [0.717, 1.165) is 27.9 Å². The van der Waals surface area contributed by atoms with Gasteiger partial charge in [-0.25, -0.2) is 9.97 Å². The Morgan fingerprint density at radius 3 is 2.25 bits per heavy atom. The minimum Gasteiger partial charge on any atom is -0.236 e. The molecule has 2 heterocycles. The van der Waals surface area contributed by atoms with Crippen LogP contribution in [0.25, 0.3) is 38.8 Å². The second-order valence-corrected chi connectivity index (χ2v) is 7.83. The Morgan fingerprint density at radius 1 is 0.812 bits per heavy atom. The van der Waals surface area contributed by atoms with Crippen LogP contribution in [0.4, 0.5) is 13.2 Å². The van der Waals surface area contributed by atoms with Gasteiger partial charge in [-0.2, -0.15) is 17.7 Å². The third-order valence-electron chi connectivity index (χ3n) is 5.71. The largest absolute Gasteiger partial charge is 0.416 e. The van der Waals surface area contributed by atoms with Crippen molar-refractivity contribution in [2.75, 3.05) is 0 Å². The van der Waals surface area contributed by atoms with Gasteiger partial charge in [-0.15, -0.1) is 0 Å². The van der Waals surface area contributed by atoms with Gasteiger partial charge in [0.15, 0.2) is 17.7 Å². The lowest BCUT2D eigenvalue weighted by molar-refractivity contribution is -0.601. The van der Waals surface area contributed by atoms with E-state index in [2.05, 4.69) is 9.97 Å². The van der Waals surface area contributed by atoms with E-state index in [-0.39, 0.29) is 5.82 Å². The number of hydrogen-bond donors (Lipinski definition) is 0. The van der Waals surface area contributed by atoms with Crippen LogP contribution in [0.3, 0.4) is 0 Å². The van der Waals surface area contributed by atoms with Crippen LogP contribution in [-0.2, 0) is 6.18 Å². The van der Waals surface area contributed by atoms with Crippen molar-refractivity contribution in [2.24, 2.45) is 0 Å². The molecule has 0 atom stereocenters. The summed E-state index contributed by atoms with van der Waals surface area (Å²) in [4.78, 5) is 8.93. The van der Waals surface area contributed by atoms with Gasteiger partial charge in [0.25, 0.3) is 0 Å². The lowest BCUT2D eigenvalue weighted by Gasteiger charge is -2.14. The molecule has 5 rings (SSSR count). The van der Waals surface area contributed by atoms with Crippen LogP contribution in [0.15, 0.2) is 79.1 Å². The molecule has 0 bridgehead atoms. The van der Waals surface area contributed by atoms with E-state index < -0.39 is 11.7 Å². The summed E-state index contributed by atoms with van der Waals surface area (Å²) in [5, 5.41) is 2.81. The minimum atomic E-state index is -4.50. The molecule has 0 radical (unpaired) electrons. The quantitative estimate of drug-likeness (QED) is 0.305. The fourth-order valence-electron chi connectivity index (χ4n) is 4.00. The normalized spacial score (nSPS) is 11.9. The van der Waals surface area contributed by atoms with Gasteiger partial charge in [-0.05, 0) is 30.5 Å². The van der Waals surface area contributed by atoms with E-state index >= 15 is 0 Å². The molecule has 5 aromatic rings. The molecule has 0 saturated heterocycles. The number of hydrogen-bond acceptors (Lipinski definition) is 2. The van der Waals surface area contributed by atoms with Crippen LogP contribution in [0.2, 0.25) is 0 Å². The molecule has 3 aromatic carbocycles. The molecule has 0 aliphatic rings. The van der Waals surface area contributed by atoms with E-state index in [4.69, 9.17) is 0 Å². The van der Waals surface area contributed by atoms with Crippen molar-refractivity contribution in [1.82, 2.24) is 9.97 Å². The fraction of sp³-hybridized carbons (Fsp3) is 0.115. The smallest absolute Gasteiger partial charge is 0.236 e. The van der Waals surface area contributed by atoms with E-state index in [0.29, 0.717) is 22.3 Å². The Kier molecular flexibility index (Phi) is 4.66. The topological polar surface area (TPSA) is 29.7 Å². The molecular weight excluding hydrogens is 411 g/mol. The van der Waals surface area contributed by atoms with Crippen molar-refractivity contribution < 1.29 is 17.7 Å². The number of halogens is 3. The molecule has 0 fully saturated rings. The molecule has 3 nitrogen and oxygen atoms in total. The monoisotopic (exact) mass is 430 g/mol. The van der Waals surface area contributed by atoms with Gasteiger partial charge in [-0.3, -0.25) is 0 Å². The van der Waals surface area contributed by atoms with Gasteiger partial charge in [0.05, 0.1) is 11.1 Å². The molecule has 0 spiro atoms. The lowest BCUT2D eigenvalue weighted by Crippen LogP contribution is -2.35. The van der Waals surface area contributed by atoms with Crippen molar-refractivity contribution in [3.63, 3.8) is 0 Å². The Labute approximate surface area is 182 Å². The number of fused-ring (bicyclic) bond motifs is 2. The average Bonchev–Trinajstić information content (AvgIpc) is 2.78. The highest BCUT2D eigenvalue weighted by Gasteiger charge is 2.34. The second kappa shape index (κ2) is 7.41. The van der Waals surface area contributed by atoms with Gasteiger partial charge >= 0.3 is 6.18 Å². The molecule has 0 aliphatic heterocycles. The summed E-state index contributed by atoms with van der Waals surface area (Å²) in [7, 11) is 0.